The number of sulfonamides is 1. The largest absolute Gasteiger partial charge is 0.478 e. The van der Waals surface area contributed by atoms with Crippen molar-refractivity contribution < 1.29 is 18.3 Å². The Bertz CT molecular complexity index is 1360. The highest BCUT2D eigenvalue weighted by Crippen LogP contribution is 2.27. The minimum absolute atomic E-state index is 0.0808. The lowest BCUT2D eigenvalue weighted by Gasteiger charge is -2.21. The van der Waals surface area contributed by atoms with E-state index >= 15 is 0 Å². The van der Waals surface area contributed by atoms with E-state index in [0.29, 0.717) is 24.1 Å². The summed E-state index contributed by atoms with van der Waals surface area (Å²) in [7, 11) is -2.16. The highest BCUT2D eigenvalue weighted by molar-refractivity contribution is 7.92. The molecule has 0 atom stereocenters. The molecule has 0 fully saturated rings. The van der Waals surface area contributed by atoms with Crippen LogP contribution in [0.5, 0.6) is 0 Å². The minimum Gasteiger partial charge on any atom is -0.478 e. The molecule has 1 aromatic carbocycles. The van der Waals surface area contributed by atoms with Gasteiger partial charge in [-0.2, -0.15) is 5.10 Å². The van der Waals surface area contributed by atoms with Gasteiger partial charge in [-0.15, -0.1) is 0 Å². The Morgan fingerprint density at radius 1 is 1.11 bits per heavy atom. The third-order valence-electron chi connectivity index (χ3n) is 6.11. The van der Waals surface area contributed by atoms with Crippen LogP contribution in [0.15, 0.2) is 29.3 Å². The summed E-state index contributed by atoms with van der Waals surface area (Å²) in [5, 5.41) is 14.4. The van der Waals surface area contributed by atoms with Crippen molar-refractivity contribution in [3.63, 3.8) is 0 Å². The van der Waals surface area contributed by atoms with E-state index in [1.807, 2.05) is 32.4 Å². The Morgan fingerprint density at radius 2 is 1.74 bits per heavy atom. The average Bonchev–Trinajstić information content (AvgIpc) is 3.03. The third kappa shape index (κ3) is 5.48. The van der Waals surface area contributed by atoms with Gasteiger partial charge >= 0.3 is 5.97 Å². The zero-order valence-electron chi connectivity index (χ0n) is 21.3. The van der Waals surface area contributed by atoms with Crippen molar-refractivity contribution >= 4 is 27.5 Å². The zero-order chi connectivity index (χ0) is 26.1. The third-order valence-corrected chi connectivity index (χ3v) is 7.80. The summed E-state index contributed by atoms with van der Waals surface area (Å²) in [6.45, 7) is 12.7. The summed E-state index contributed by atoms with van der Waals surface area (Å²) in [6, 6.07) is 4.91. The molecule has 35 heavy (non-hydrogen) atoms. The van der Waals surface area contributed by atoms with Crippen LogP contribution in [0.3, 0.4) is 0 Å². The lowest BCUT2D eigenvalue weighted by atomic mass is 10.1. The summed E-state index contributed by atoms with van der Waals surface area (Å²) in [6.07, 6.45) is 2.02. The minimum atomic E-state index is -3.93. The number of aromatic carboxylic acids is 1. The fourth-order valence-electron chi connectivity index (χ4n) is 4.56. The summed E-state index contributed by atoms with van der Waals surface area (Å²) >= 11 is 0. The number of nitrogens with zero attached hydrogens (tertiary/aromatic N) is 4. The van der Waals surface area contributed by atoms with E-state index in [1.54, 1.807) is 37.9 Å². The molecule has 2 aromatic heterocycles. The summed E-state index contributed by atoms with van der Waals surface area (Å²) in [4.78, 5) is 18.3. The van der Waals surface area contributed by atoms with Crippen LogP contribution in [-0.2, 0) is 23.0 Å². The van der Waals surface area contributed by atoms with Crippen LogP contribution >= 0.6 is 0 Å². The van der Waals surface area contributed by atoms with E-state index in [2.05, 4.69) is 14.8 Å². The number of benzene rings is 1. The number of aryl methyl sites for hydroxylation is 5. The van der Waals surface area contributed by atoms with E-state index in [4.69, 9.17) is 0 Å². The maximum atomic E-state index is 13.1. The molecular formula is C25H33N5O4S. The van der Waals surface area contributed by atoms with E-state index in [-0.39, 0.29) is 22.0 Å². The molecule has 9 nitrogen and oxygen atoms in total. The molecule has 0 saturated carbocycles. The molecule has 0 unspecified atom stereocenters. The number of anilines is 2. The number of carboxylic acid groups (broad SMARTS) is 1. The predicted molar refractivity (Wildman–Crippen MR) is 137 cm³/mol. The van der Waals surface area contributed by atoms with Gasteiger partial charge in [0, 0.05) is 25.8 Å². The van der Waals surface area contributed by atoms with Gasteiger partial charge in [0.25, 0.3) is 10.0 Å². The van der Waals surface area contributed by atoms with Crippen molar-refractivity contribution in [2.75, 3.05) is 23.2 Å². The number of likely N-dealkylation sites (N-methyl/N-ethyl adjacent to an activating group) is 1. The number of pyridine rings is 1. The quantitative estimate of drug-likeness (QED) is 0.457. The zero-order valence-corrected chi connectivity index (χ0v) is 22.1. The second-order valence-corrected chi connectivity index (χ2v) is 10.5. The van der Waals surface area contributed by atoms with Crippen LogP contribution in [0, 0.1) is 34.6 Å². The van der Waals surface area contributed by atoms with Crippen molar-refractivity contribution in [2.45, 2.75) is 59.4 Å². The standard InChI is InChI=1S/C25H33N5O4S/c1-8-30-19(6)21(18(5)27-30)9-10-29(7)24-22(25(31)32)13-20(14-26-24)28-35(33,34)23-16(3)11-15(2)12-17(23)4/h11-14,28H,8-10H2,1-7H3,(H,31,32). The SMILES string of the molecule is CCn1nc(C)c(CCN(C)c2ncc(NS(=O)(=O)c3c(C)cc(C)cc3C)cc2C(=O)O)c1C. The Morgan fingerprint density at radius 3 is 2.29 bits per heavy atom. The predicted octanol–water partition coefficient (Wildman–Crippen LogP) is 4.02. The fraction of sp³-hybridized carbons (Fsp3) is 0.400. The Balaban J connectivity index is 1.87. The topological polar surface area (TPSA) is 117 Å². The van der Waals surface area contributed by atoms with Crippen LogP contribution in [0.25, 0.3) is 0 Å². The van der Waals surface area contributed by atoms with Gasteiger partial charge in [0.15, 0.2) is 0 Å². The Kier molecular flexibility index (Phi) is 7.54. The molecule has 0 bridgehead atoms. The second kappa shape index (κ2) is 10.1. The van der Waals surface area contributed by atoms with Gasteiger partial charge in [0.1, 0.15) is 11.4 Å². The molecule has 0 aliphatic carbocycles. The molecule has 10 heteroatoms. The molecule has 0 spiro atoms. The molecular weight excluding hydrogens is 466 g/mol. The van der Waals surface area contributed by atoms with Crippen LogP contribution in [0.4, 0.5) is 11.5 Å². The van der Waals surface area contributed by atoms with Crippen molar-refractivity contribution in [3.8, 4) is 0 Å². The van der Waals surface area contributed by atoms with Gasteiger partial charge in [-0.1, -0.05) is 17.7 Å². The first-order valence-electron chi connectivity index (χ1n) is 11.4. The van der Waals surface area contributed by atoms with Crippen LogP contribution in [0.1, 0.15) is 50.9 Å². The second-order valence-electron chi connectivity index (χ2n) is 8.87. The number of carbonyl (C=O) groups is 1. The van der Waals surface area contributed by atoms with E-state index in [9.17, 15) is 18.3 Å². The van der Waals surface area contributed by atoms with Gasteiger partial charge in [0.2, 0.25) is 0 Å². The van der Waals surface area contributed by atoms with Crippen molar-refractivity contribution in [1.29, 1.82) is 0 Å². The molecule has 3 rings (SSSR count). The molecule has 0 aliphatic rings. The number of rotatable bonds is 9. The van der Waals surface area contributed by atoms with Crippen LogP contribution in [0.2, 0.25) is 0 Å². The van der Waals surface area contributed by atoms with E-state index < -0.39 is 16.0 Å². The van der Waals surface area contributed by atoms with Crippen molar-refractivity contribution in [1.82, 2.24) is 14.8 Å². The lowest BCUT2D eigenvalue weighted by Crippen LogP contribution is -2.25. The normalized spacial score (nSPS) is 11.5. The van der Waals surface area contributed by atoms with E-state index in [1.165, 1.54) is 12.3 Å². The smallest absolute Gasteiger partial charge is 0.339 e. The molecule has 188 valence electrons. The van der Waals surface area contributed by atoms with Gasteiger partial charge < -0.3 is 10.0 Å². The highest BCUT2D eigenvalue weighted by Gasteiger charge is 2.23. The fourth-order valence-corrected chi connectivity index (χ4v) is 6.05. The molecule has 0 saturated heterocycles. The van der Waals surface area contributed by atoms with Crippen molar-refractivity contribution in [2.24, 2.45) is 0 Å². The first-order chi connectivity index (χ1) is 16.4. The summed E-state index contributed by atoms with van der Waals surface area (Å²) < 4.78 is 30.6. The van der Waals surface area contributed by atoms with Gasteiger partial charge in [-0.05, 0) is 70.7 Å². The van der Waals surface area contributed by atoms with Gasteiger partial charge in [-0.3, -0.25) is 9.40 Å². The average molecular weight is 500 g/mol. The number of hydrogen-bond donors (Lipinski definition) is 2. The first-order valence-corrected chi connectivity index (χ1v) is 12.9. The summed E-state index contributed by atoms with van der Waals surface area (Å²) in [5.41, 5.74) is 5.39. The maximum absolute atomic E-state index is 13.1. The van der Waals surface area contributed by atoms with Gasteiger partial charge in [-0.25, -0.2) is 18.2 Å². The molecule has 2 N–H and O–H groups in total. The maximum Gasteiger partial charge on any atom is 0.339 e. The Labute approximate surface area is 206 Å². The monoisotopic (exact) mass is 499 g/mol. The number of hydrogen-bond acceptors (Lipinski definition) is 6. The van der Waals surface area contributed by atoms with Gasteiger partial charge in [0.05, 0.1) is 22.5 Å². The number of nitrogens with one attached hydrogen (secondary N) is 1. The molecule has 0 amide bonds. The number of aromatic nitrogens is 3. The van der Waals surface area contributed by atoms with Crippen molar-refractivity contribution in [3.05, 3.63) is 63.6 Å². The molecule has 0 radical (unpaired) electrons. The van der Waals surface area contributed by atoms with Crippen LogP contribution in [-0.4, -0.2) is 47.9 Å². The van der Waals surface area contributed by atoms with Crippen LogP contribution < -0.4 is 9.62 Å². The molecule has 2 heterocycles. The molecule has 3 aromatic rings. The Hall–Kier alpha value is -3.40. The van der Waals surface area contributed by atoms with E-state index in [0.717, 1.165) is 29.1 Å². The number of carboxylic acids is 1. The molecule has 0 aliphatic heterocycles. The lowest BCUT2D eigenvalue weighted by molar-refractivity contribution is 0.0697. The summed E-state index contributed by atoms with van der Waals surface area (Å²) in [5.74, 6) is -0.921. The first kappa shape index (κ1) is 26.2. The highest BCUT2D eigenvalue weighted by atomic mass is 32.2.